The minimum Gasteiger partial charge on any atom is -0.0651 e. The van der Waals surface area contributed by atoms with Crippen molar-refractivity contribution in [3.63, 3.8) is 0 Å². The van der Waals surface area contributed by atoms with Crippen molar-refractivity contribution >= 4 is 0 Å². The quantitative estimate of drug-likeness (QED) is 0.504. The molecule has 3 saturated carbocycles. The molecule has 0 bridgehead atoms. The second kappa shape index (κ2) is 6.72. The van der Waals surface area contributed by atoms with Gasteiger partial charge in [-0.3, -0.25) is 0 Å². The zero-order valence-corrected chi connectivity index (χ0v) is 16.7. The molecule has 0 aliphatic heterocycles. The molecule has 0 heteroatoms. The summed E-state index contributed by atoms with van der Waals surface area (Å²) in [5.41, 5.74) is 1.34. The van der Waals surface area contributed by atoms with Crippen molar-refractivity contribution in [3.8, 4) is 0 Å². The van der Waals surface area contributed by atoms with Gasteiger partial charge >= 0.3 is 0 Å². The van der Waals surface area contributed by atoms with Gasteiger partial charge < -0.3 is 0 Å². The van der Waals surface area contributed by atoms with Crippen LogP contribution in [0.1, 0.15) is 105 Å². The van der Waals surface area contributed by atoms with E-state index in [0.29, 0.717) is 10.8 Å². The molecule has 0 radical (unpaired) electrons. The molecule has 23 heavy (non-hydrogen) atoms. The molecule has 0 spiro atoms. The van der Waals surface area contributed by atoms with Gasteiger partial charge in [0.1, 0.15) is 0 Å². The molecule has 0 N–H and O–H groups in total. The summed E-state index contributed by atoms with van der Waals surface area (Å²) in [5.74, 6) is 5.02. The van der Waals surface area contributed by atoms with Crippen LogP contribution in [0.2, 0.25) is 0 Å². The monoisotopic (exact) mass is 318 g/mol. The van der Waals surface area contributed by atoms with Crippen molar-refractivity contribution in [1.82, 2.24) is 0 Å². The lowest BCUT2D eigenvalue weighted by atomic mass is 9.44. The third-order valence-corrected chi connectivity index (χ3v) is 9.25. The molecule has 7 unspecified atom stereocenters. The van der Waals surface area contributed by atoms with Gasteiger partial charge in [0.05, 0.1) is 0 Å². The normalized spacial score (nSPS) is 48.4. The topological polar surface area (TPSA) is 0 Å². The molecule has 3 aliphatic rings. The second-order valence-electron chi connectivity index (χ2n) is 10.4. The summed E-state index contributed by atoms with van der Waals surface area (Å²) in [5, 5.41) is 0. The van der Waals surface area contributed by atoms with Gasteiger partial charge in [0.15, 0.2) is 0 Å². The van der Waals surface area contributed by atoms with Gasteiger partial charge in [-0.05, 0) is 85.4 Å². The Hall–Kier alpha value is 0. The Labute approximate surface area is 146 Å². The fraction of sp³-hybridized carbons (Fsp3) is 1.00. The van der Waals surface area contributed by atoms with Crippen LogP contribution in [-0.4, -0.2) is 0 Å². The Morgan fingerprint density at radius 3 is 2.48 bits per heavy atom. The highest BCUT2D eigenvalue weighted by Gasteiger charge is 2.54. The maximum Gasteiger partial charge on any atom is -0.0269 e. The Morgan fingerprint density at radius 2 is 1.74 bits per heavy atom. The van der Waals surface area contributed by atoms with E-state index in [-0.39, 0.29) is 0 Å². The molecule has 0 aromatic heterocycles. The average molecular weight is 319 g/mol. The predicted molar refractivity (Wildman–Crippen MR) is 101 cm³/mol. The van der Waals surface area contributed by atoms with Crippen LogP contribution in [0.15, 0.2) is 0 Å². The van der Waals surface area contributed by atoms with Gasteiger partial charge in [-0.25, -0.2) is 0 Å². The van der Waals surface area contributed by atoms with Gasteiger partial charge in [-0.15, -0.1) is 0 Å². The third-order valence-electron chi connectivity index (χ3n) is 9.25. The van der Waals surface area contributed by atoms with Gasteiger partial charge in [0.2, 0.25) is 0 Å². The van der Waals surface area contributed by atoms with Crippen molar-refractivity contribution in [2.75, 3.05) is 0 Å². The van der Waals surface area contributed by atoms with Crippen LogP contribution in [0.25, 0.3) is 0 Å². The van der Waals surface area contributed by atoms with Crippen molar-refractivity contribution < 1.29 is 0 Å². The van der Waals surface area contributed by atoms with Crippen molar-refractivity contribution in [2.24, 2.45) is 40.4 Å². The Morgan fingerprint density at radius 1 is 0.957 bits per heavy atom. The molecule has 0 saturated heterocycles. The van der Waals surface area contributed by atoms with E-state index in [0.717, 1.165) is 29.6 Å². The molecule has 0 amide bonds. The smallest absolute Gasteiger partial charge is 0.0269 e. The van der Waals surface area contributed by atoms with Gasteiger partial charge in [-0.2, -0.15) is 0 Å². The van der Waals surface area contributed by atoms with Crippen LogP contribution < -0.4 is 0 Å². The molecule has 0 aromatic carbocycles. The lowest BCUT2D eigenvalue weighted by molar-refractivity contribution is -0.111. The average Bonchev–Trinajstić information content (AvgIpc) is 2.55. The largest absolute Gasteiger partial charge is 0.0651 e. The maximum atomic E-state index is 2.70. The Bertz CT molecular complexity index is 399. The minimum atomic E-state index is 0.630. The third kappa shape index (κ3) is 3.13. The molecule has 3 fully saturated rings. The predicted octanol–water partition coefficient (Wildman–Crippen LogP) is 7.47. The van der Waals surface area contributed by atoms with E-state index in [9.17, 15) is 0 Å². The Balaban J connectivity index is 1.79. The van der Waals surface area contributed by atoms with E-state index in [1.54, 1.807) is 19.3 Å². The maximum absolute atomic E-state index is 2.70. The standard InChI is InChI=1S/C23H42/c1-6-17(2)12-16-23(5)18(3)10-11-19-20-9-7-8-14-22(20,4)15-13-21(19)23/h17-21H,6-16H2,1-5H3. The zero-order valence-electron chi connectivity index (χ0n) is 16.7. The van der Waals surface area contributed by atoms with Crippen LogP contribution in [0, 0.1) is 40.4 Å². The summed E-state index contributed by atoms with van der Waals surface area (Å²) >= 11 is 0. The van der Waals surface area contributed by atoms with Gasteiger partial charge in [0.25, 0.3) is 0 Å². The summed E-state index contributed by atoms with van der Waals surface area (Å²) in [6.07, 6.45) is 16.5. The van der Waals surface area contributed by atoms with E-state index < -0.39 is 0 Å². The lowest BCUT2D eigenvalue weighted by Crippen LogP contribution is -2.52. The SMILES string of the molecule is CCC(C)CCC1(C)C(C)CCC2C3CCCCC3(C)CCC21. The molecule has 0 heterocycles. The van der Waals surface area contributed by atoms with E-state index in [4.69, 9.17) is 0 Å². The van der Waals surface area contributed by atoms with Crippen LogP contribution >= 0.6 is 0 Å². The lowest BCUT2D eigenvalue weighted by Gasteiger charge is -2.61. The summed E-state index contributed by atoms with van der Waals surface area (Å²) in [4.78, 5) is 0. The molecule has 134 valence electrons. The summed E-state index contributed by atoms with van der Waals surface area (Å²) in [6.45, 7) is 12.8. The van der Waals surface area contributed by atoms with Crippen molar-refractivity contribution in [2.45, 2.75) is 105 Å². The molecule has 0 aromatic rings. The fourth-order valence-electron chi connectivity index (χ4n) is 7.00. The van der Waals surface area contributed by atoms with Crippen LogP contribution in [-0.2, 0) is 0 Å². The first kappa shape index (κ1) is 17.8. The number of rotatable bonds is 4. The van der Waals surface area contributed by atoms with Gasteiger partial charge in [0, 0.05) is 0 Å². The first-order valence-electron chi connectivity index (χ1n) is 10.9. The number of hydrogen-bond donors (Lipinski definition) is 0. The molecular formula is C23H42. The van der Waals surface area contributed by atoms with E-state index >= 15 is 0 Å². The van der Waals surface area contributed by atoms with E-state index in [1.165, 1.54) is 51.4 Å². The highest BCUT2D eigenvalue weighted by Crippen LogP contribution is 2.63. The van der Waals surface area contributed by atoms with Crippen LogP contribution in [0.4, 0.5) is 0 Å². The summed E-state index contributed by atoms with van der Waals surface area (Å²) in [7, 11) is 0. The number of fused-ring (bicyclic) bond motifs is 3. The fourth-order valence-corrected chi connectivity index (χ4v) is 7.00. The van der Waals surface area contributed by atoms with Crippen molar-refractivity contribution in [3.05, 3.63) is 0 Å². The van der Waals surface area contributed by atoms with Crippen LogP contribution in [0.3, 0.4) is 0 Å². The Kier molecular flexibility index (Phi) is 5.20. The highest BCUT2D eigenvalue weighted by molar-refractivity contribution is 5.04. The first-order valence-corrected chi connectivity index (χ1v) is 10.9. The van der Waals surface area contributed by atoms with Gasteiger partial charge in [-0.1, -0.05) is 60.3 Å². The molecule has 3 rings (SSSR count). The molecule has 7 atom stereocenters. The zero-order chi connectivity index (χ0) is 16.7. The molecular weight excluding hydrogens is 276 g/mol. The van der Waals surface area contributed by atoms with E-state index in [2.05, 4.69) is 34.6 Å². The number of hydrogen-bond acceptors (Lipinski definition) is 0. The highest BCUT2D eigenvalue weighted by atomic mass is 14.6. The molecule has 3 aliphatic carbocycles. The van der Waals surface area contributed by atoms with E-state index in [1.807, 2.05) is 0 Å². The van der Waals surface area contributed by atoms with Crippen LogP contribution in [0.5, 0.6) is 0 Å². The van der Waals surface area contributed by atoms with Crippen molar-refractivity contribution in [1.29, 1.82) is 0 Å². The summed E-state index contributed by atoms with van der Waals surface area (Å²) < 4.78 is 0. The summed E-state index contributed by atoms with van der Waals surface area (Å²) in [6, 6.07) is 0. The minimum absolute atomic E-state index is 0.630. The second-order valence-corrected chi connectivity index (χ2v) is 10.4. The molecule has 0 nitrogen and oxygen atoms in total. The first-order chi connectivity index (χ1) is 10.9.